The topological polar surface area (TPSA) is 81.4 Å². The lowest BCUT2D eigenvalue weighted by Crippen LogP contribution is -2.22. The van der Waals surface area contributed by atoms with Gasteiger partial charge in [-0.05, 0) is 41.0 Å². The van der Waals surface area contributed by atoms with Crippen LogP contribution in [0.3, 0.4) is 0 Å². The van der Waals surface area contributed by atoms with Gasteiger partial charge in [-0.1, -0.05) is 54.6 Å². The Hall–Kier alpha value is -3.15. The van der Waals surface area contributed by atoms with E-state index in [4.69, 9.17) is 10.5 Å². The molecule has 0 aliphatic carbocycles. The van der Waals surface area contributed by atoms with E-state index in [0.29, 0.717) is 24.2 Å². The second kappa shape index (κ2) is 11.0. The third-order valence-electron chi connectivity index (χ3n) is 4.31. The molecule has 0 radical (unpaired) electrons. The molecule has 0 spiro atoms. The predicted molar refractivity (Wildman–Crippen MR) is 115 cm³/mol. The van der Waals surface area contributed by atoms with Crippen molar-refractivity contribution in [3.05, 3.63) is 107 Å². The molecule has 0 unspecified atom stereocenters. The summed E-state index contributed by atoms with van der Waals surface area (Å²) in [6, 6.07) is 23.7. The number of rotatable bonds is 7. The number of nitrogens with two attached hydrogens (primary N) is 1. The van der Waals surface area contributed by atoms with E-state index < -0.39 is 0 Å². The fraction of sp³-hybridized carbons (Fsp3) is 0.130. The van der Waals surface area contributed by atoms with Crippen LogP contribution in [0.2, 0.25) is 0 Å². The van der Waals surface area contributed by atoms with Crippen molar-refractivity contribution in [2.45, 2.75) is 19.7 Å². The number of halogens is 1. The van der Waals surface area contributed by atoms with Gasteiger partial charge in [-0.15, -0.1) is 12.4 Å². The quantitative estimate of drug-likeness (QED) is 0.579. The van der Waals surface area contributed by atoms with E-state index in [1.165, 1.54) is 0 Å². The number of ether oxygens (including phenoxy) is 1. The van der Waals surface area contributed by atoms with Gasteiger partial charge in [0, 0.05) is 18.7 Å². The molecule has 3 aromatic carbocycles. The number of nitrogens with one attached hydrogen (secondary N) is 1. The van der Waals surface area contributed by atoms with E-state index in [0.717, 1.165) is 16.7 Å². The second-order valence-electron chi connectivity index (χ2n) is 6.34. The van der Waals surface area contributed by atoms with E-state index in [-0.39, 0.29) is 30.9 Å². The predicted octanol–water partition coefficient (Wildman–Crippen LogP) is 3.85. The molecule has 0 saturated carbocycles. The Balaban J connectivity index is 0.00000300. The third kappa shape index (κ3) is 6.45. The monoisotopic (exact) mass is 410 g/mol. The zero-order chi connectivity index (χ0) is 19.8. The number of carbonyl (C=O) groups is 2. The van der Waals surface area contributed by atoms with Gasteiger partial charge in [-0.25, -0.2) is 4.79 Å². The van der Waals surface area contributed by atoms with Crippen LogP contribution in [0.15, 0.2) is 78.9 Å². The molecule has 0 atom stereocenters. The van der Waals surface area contributed by atoms with Crippen LogP contribution >= 0.6 is 12.4 Å². The first kappa shape index (κ1) is 22.1. The largest absolute Gasteiger partial charge is 0.457 e. The summed E-state index contributed by atoms with van der Waals surface area (Å²) in [4.78, 5) is 24.3. The highest BCUT2D eigenvalue weighted by molar-refractivity contribution is 5.94. The molecule has 3 N–H and O–H groups in total. The van der Waals surface area contributed by atoms with Crippen LogP contribution in [0.5, 0.6) is 0 Å². The molecular weight excluding hydrogens is 388 g/mol. The smallest absolute Gasteiger partial charge is 0.338 e. The molecule has 0 saturated heterocycles. The summed E-state index contributed by atoms with van der Waals surface area (Å²) in [5, 5.41) is 2.86. The lowest BCUT2D eigenvalue weighted by Gasteiger charge is -2.08. The van der Waals surface area contributed by atoms with Gasteiger partial charge in [-0.3, -0.25) is 4.79 Å². The second-order valence-corrected chi connectivity index (χ2v) is 6.34. The summed E-state index contributed by atoms with van der Waals surface area (Å²) in [6.45, 7) is 1.05. The first-order chi connectivity index (χ1) is 13.7. The Kier molecular flexibility index (Phi) is 8.40. The molecule has 5 nitrogen and oxygen atoms in total. The van der Waals surface area contributed by atoms with E-state index >= 15 is 0 Å². The Labute approximate surface area is 176 Å². The standard InChI is InChI=1S/C23H22N2O3.ClH/c24-14-17-6-10-20(11-7-17)22(26)25-15-18-8-12-21(13-9-18)23(27)28-16-19-4-2-1-3-5-19;/h1-13H,14-16,24H2,(H,25,26);1H. The Morgan fingerprint density at radius 3 is 1.97 bits per heavy atom. The maximum absolute atomic E-state index is 12.2. The van der Waals surface area contributed by atoms with E-state index in [1.54, 1.807) is 36.4 Å². The summed E-state index contributed by atoms with van der Waals surface area (Å²) in [7, 11) is 0. The highest BCUT2D eigenvalue weighted by Crippen LogP contribution is 2.09. The Morgan fingerprint density at radius 2 is 1.34 bits per heavy atom. The lowest BCUT2D eigenvalue weighted by molar-refractivity contribution is 0.0472. The molecule has 150 valence electrons. The summed E-state index contributed by atoms with van der Waals surface area (Å²) in [5.41, 5.74) is 9.43. The van der Waals surface area contributed by atoms with Crippen molar-refractivity contribution in [1.29, 1.82) is 0 Å². The summed E-state index contributed by atoms with van der Waals surface area (Å²) >= 11 is 0. The van der Waals surface area contributed by atoms with Gasteiger partial charge in [-0.2, -0.15) is 0 Å². The average molecular weight is 411 g/mol. The zero-order valence-electron chi connectivity index (χ0n) is 15.8. The van der Waals surface area contributed by atoms with E-state index in [9.17, 15) is 9.59 Å². The molecule has 29 heavy (non-hydrogen) atoms. The Morgan fingerprint density at radius 1 is 0.759 bits per heavy atom. The minimum absolute atomic E-state index is 0. The summed E-state index contributed by atoms with van der Waals surface area (Å²) in [5.74, 6) is -0.533. The van der Waals surface area contributed by atoms with Crippen LogP contribution in [0.25, 0.3) is 0 Å². The van der Waals surface area contributed by atoms with Crippen molar-refractivity contribution in [3.8, 4) is 0 Å². The number of benzene rings is 3. The van der Waals surface area contributed by atoms with Gasteiger partial charge in [0.25, 0.3) is 5.91 Å². The normalized spacial score (nSPS) is 9.97. The molecule has 0 aliphatic heterocycles. The average Bonchev–Trinajstić information content (AvgIpc) is 2.77. The molecule has 3 rings (SSSR count). The molecule has 0 fully saturated rings. The summed E-state index contributed by atoms with van der Waals surface area (Å²) in [6.07, 6.45) is 0. The van der Waals surface area contributed by atoms with Gasteiger partial charge >= 0.3 is 5.97 Å². The van der Waals surface area contributed by atoms with Crippen molar-refractivity contribution in [3.63, 3.8) is 0 Å². The van der Waals surface area contributed by atoms with Gasteiger partial charge in [0.2, 0.25) is 0 Å². The molecule has 0 aliphatic rings. The molecule has 0 heterocycles. The van der Waals surface area contributed by atoms with Crippen molar-refractivity contribution in [2.24, 2.45) is 5.73 Å². The molecule has 0 aromatic heterocycles. The number of carbonyl (C=O) groups excluding carboxylic acids is 2. The van der Waals surface area contributed by atoms with Gasteiger partial charge in [0.15, 0.2) is 0 Å². The maximum atomic E-state index is 12.2. The lowest BCUT2D eigenvalue weighted by atomic mass is 10.1. The van der Waals surface area contributed by atoms with Gasteiger partial charge in [0.05, 0.1) is 5.56 Å². The van der Waals surface area contributed by atoms with Crippen molar-refractivity contribution >= 4 is 24.3 Å². The fourth-order valence-electron chi connectivity index (χ4n) is 2.64. The number of hydrogen-bond donors (Lipinski definition) is 2. The minimum atomic E-state index is -0.376. The van der Waals surface area contributed by atoms with Crippen LogP contribution in [0, 0.1) is 0 Å². The maximum Gasteiger partial charge on any atom is 0.338 e. The number of esters is 1. The van der Waals surface area contributed by atoms with Gasteiger partial charge < -0.3 is 15.8 Å². The minimum Gasteiger partial charge on any atom is -0.457 e. The van der Waals surface area contributed by atoms with Crippen LogP contribution in [0.4, 0.5) is 0 Å². The molecule has 6 heteroatoms. The SMILES string of the molecule is Cl.NCc1ccc(C(=O)NCc2ccc(C(=O)OCc3ccccc3)cc2)cc1. The van der Waals surface area contributed by atoms with Crippen LogP contribution in [-0.2, 0) is 24.4 Å². The Bertz CT molecular complexity index is 927. The molecular formula is C23H23ClN2O3. The first-order valence-electron chi connectivity index (χ1n) is 9.03. The number of hydrogen-bond acceptors (Lipinski definition) is 4. The fourth-order valence-corrected chi connectivity index (χ4v) is 2.64. The van der Waals surface area contributed by atoms with E-state index in [1.807, 2.05) is 42.5 Å². The molecule has 0 bridgehead atoms. The zero-order valence-corrected chi connectivity index (χ0v) is 16.7. The van der Waals surface area contributed by atoms with Crippen LogP contribution in [-0.4, -0.2) is 11.9 Å². The van der Waals surface area contributed by atoms with Crippen molar-refractivity contribution in [1.82, 2.24) is 5.32 Å². The third-order valence-corrected chi connectivity index (χ3v) is 4.31. The van der Waals surface area contributed by atoms with Gasteiger partial charge in [0.1, 0.15) is 6.61 Å². The van der Waals surface area contributed by atoms with Crippen LogP contribution in [0.1, 0.15) is 37.4 Å². The van der Waals surface area contributed by atoms with Crippen LogP contribution < -0.4 is 11.1 Å². The molecule has 1 amide bonds. The van der Waals surface area contributed by atoms with E-state index in [2.05, 4.69) is 5.32 Å². The molecule has 3 aromatic rings. The highest BCUT2D eigenvalue weighted by atomic mass is 35.5. The number of amides is 1. The van der Waals surface area contributed by atoms with Crippen molar-refractivity contribution in [2.75, 3.05) is 0 Å². The highest BCUT2D eigenvalue weighted by Gasteiger charge is 2.08. The summed E-state index contributed by atoms with van der Waals surface area (Å²) < 4.78 is 5.31. The van der Waals surface area contributed by atoms with Crippen molar-refractivity contribution < 1.29 is 14.3 Å². The first-order valence-corrected chi connectivity index (χ1v) is 9.03.